The molecule has 1 aliphatic heterocycles. The maximum absolute atomic E-state index is 12.8. The van der Waals surface area contributed by atoms with Gasteiger partial charge in [0.05, 0.1) is 23.9 Å². The second-order valence-corrected chi connectivity index (χ2v) is 8.38. The summed E-state index contributed by atoms with van der Waals surface area (Å²) in [6, 6.07) is 10.2. The first-order valence-corrected chi connectivity index (χ1v) is 10.7. The van der Waals surface area contributed by atoms with Crippen LogP contribution in [0.4, 0.5) is 0 Å². The van der Waals surface area contributed by atoms with Crippen molar-refractivity contribution in [2.75, 3.05) is 26.3 Å². The molecule has 0 aliphatic carbocycles. The normalized spacial score (nSPS) is 14.8. The van der Waals surface area contributed by atoms with Crippen LogP contribution in [0.2, 0.25) is 0 Å². The van der Waals surface area contributed by atoms with Crippen LogP contribution in [0, 0.1) is 6.92 Å². The quantitative estimate of drug-likeness (QED) is 0.678. The van der Waals surface area contributed by atoms with Gasteiger partial charge in [0.15, 0.2) is 0 Å². The summed E-state index contributed by atoms with van der Waals surface area (Å²) in [5, 5.41) is 6.13. The van der Waals surface area contributed by atoms with Gasteiger partial charge in [-0.05, 0) is 24.1 Å². The number of hydrogen-bond acceptors (Lipinski definition) is 5. The fourth-order valence-electron chi connectivity index (χ4n) is 3.58. The van der Waals surface area contributed by atoms with E-state index in [1.165, 1.54) is 5.56 Å². The molecule has 4 rings (SSSR count). The lowest BCUT2D eigenvalue weighted by Crippen LogP contribution is -2.36. The lowest BCUT2D eigenvalue weighted by atomic mass is 10.1. The Morgan fingerprint density at radius 1 is 1.24 bits per heavy atom. The maximum Gasteiger partial charge on any atom is 0.268 e. The molecule has 1 aliphatic rings. The molecule has 1 saturated heterocycles. The second kappa shape index (κ2) is 8.90. The van der Waals surface area contributed by atoms with E-state index in [-0.39, 0.29) is 5.91 Å². The van der Waals surface area contributed by atoms with E-state index in [9.17, 15) is 4.79 Å². The largest absolute Gasteiger partial charge is 0.379 e. The Balaban J connectivity index is 1.43. The molecule has 0 spiro atoms. The van der Waals surface area contributed by atoms with Crippen LogP contribution in [0.25, 0.3) is 11.3 Å². The fourth-order valence-corrected chi connectivity index (χ4v) is 4.20. The molecule has 1 fully saturated rings. The summed E-state index contributed by atoms with van der Waals surface area (Å²) < 4.78 is 7.30. The average molecular weight is 411 g/mol. The molecule has 6 nitrogen and oxygen atoms in total. The van der Waals surface area contributed by atoms with Gasteiger partial charge >= 0.3 is 0 Å². The van der Waals surface area contributed by atoms with Crippen LogP contribution in [-0.2, 0) is 24.9 Å². The average Bonchev–Trinajstić information content (AvgIpc) is 3.33. The molecule has 7 heteroatoms. The second-order valence-electron chi connectivity index (χ2n) is 7.32. The fraction of sp³-hybridized carbons (Fsp3) is 0.364. The summed E-state index contributed by atoms with van der Waals surface area (Å²) >= 11 is 1.61. The molecule has 0 unspecified atom stereocenters. The summed E-state index contributed by atoms with van der Waals surface area (Å²) in [6.07, 6.45) is 1.95. The predicted octanol–water partition coefficient (Wildman–Crippen LogP) is 3.22. The van der Waals surface area contributed by atoms with Crippen LogP contribution in [0.1, 0.15) is 26.6 Å². The third-order valence-electron chi connectivity index (χ3n) is 5.21. The van der Waals surface area contributed by atoms with Crippen LogP contribution >= 0.6 is 11.3 Å². The molecule has 1 aromatic carbocycles. The minimum Gasteiger partial charge on any atom is -0.379 e. The Kier molecular flexibility index (Phi) is 6.08. The standard InChI is InChI=1S/C22H26N4O2S/c1-16-24-20(15-29-16)19-11-21(25(2)13-19)22(27)23-12-17-5-3-4-6-18(17)14-26-7-9-28-10-8-26/h3-6,11,13,15H,7-10,12,14H2,1-2H3,(H,23,27). The summed E-state index contributed by atoms with van der Waals surface area (Å²) in [5.74, 6) is -0.0770. The van der Waals surface area contributed by atoms with Crippen LogP contribution in [0.15, 0.2) is 41.9 Å². The number of aromatic nitrogens is 2. The smallest absolute Gasteiger partial charge is 0.268 e. The molecule has 29 heavy (non-hydrogen) atoms. The maximum atomic E-state index is 12.8. The molecule has 0 radical (unpaired) electrons. The van der Waals surface area contributed by atoms with Gasteiger partial charge in [-0.1, -0.05) is 24.3 Å². The topological polar surface area (TPSA) is 59.4 Å². The molecule has 0 bridgehead atoms. The number of rotatable bonds is 6. The Morgan fingerprint density at radius 2 is 2.00 bits per heavy atom. The summed E-state index contributed by atoms with van der Waals surface area (Å²) in [4.78, 5) is 19.7. The summed E-state index contributed by atoms with van der Waals surface area (Å²) in [5.41, 5.74) is 4.92. The Bertz CT molecular complexity index is 988. The van der Waals surface area contributed by atoms with Crippen LogP contribution < -0.4 is 5.32 Å². The number of thiazole rings is 1. The van der Waals surface area contributed by atoms with E-state index in [0.29, 0.717) is 12.2 Å². The number of carbonyl (C=O) groups is 1. The SMILES string of the molecule is Cc1nc(-c2cc(C(=O)NCc3ccccc3CN3CCOCC3)n(C)c2)cs1. The Morgan fingerprint density at radius 3 is 2.72 bits per heavy atom. The van der Waals surface area contributed by atoms with Gasteiger partial charge in [0.2, 0.25) is 0 Å². The Hall–Kier alpha value is -2.48. The highest BCUT2D eigenvalue weighted by atomic mass is 32.1. The van der Waals surface area contributed by atoms with E-state index >= 15 is 0 Å². The zero-order valence-electron chi connectivity index (χ0n) is 16.9. The lowest BCUT2D eigenvalue weighted by Gasteiger charge is -2.27. The number of nitrogens with zero attached hydrogens (tertiary/aromatic N) is 3. The molecule has 0 saturated carbocycles. The number of carbonyl (C=O) groups excluding carboxylic acids is 1. The van der Waals surface area contributed by atoms with Crippen LogP contribution in [0.5, 0.6) is 0 Å². The van der Waals surface area contributed by atoms with E-state index in [0.717, 1.165) is 54.7 Å². The zero-order valence-corrected chi connectivity index (χ0v) is 17.7. The first-order chi connectivity index (χ1) is 14.1. The Labute approximate surface area is 175 Å². The summed E-state index contributed by atoms with van der Waals surface area (Å²) in [7, 11) is 1.89. The first kappa shape index (κ1) is 19.8. The van der Waals surface area contributed by atoms with Gasteiger partial charge in [-0.3, -0.25) is 9.69 Å². The molecular weight excluding hydrogens is 384 g/mol. The van der Waals surface area contributed by atoms with E-state index in [1.54, 1.807) is 11.3 Å². The van der Waals surface area contributed by atoms with E-state index in [4.69, 9.17) is 4.74 Å². The van der Waals surface area contributed by atoms with Crippen molar-refractivity contribution in [3.05, 3.63) is 63.7 Å². The number of amides is 1. The lowest BCUT2D eigenvalue weighted by molar-refractivity contribution is 0.0340. The molecular formula is C22H26N4O2S. The number of aryl methyl sites for hydroxylation is 2. The van der Waals surface area contributed by atoms with E-state index in [1.807, 2.05) is 42.2 Å². The molecule has 1 amide bonds. The van der Waals surface area contributed by atoms with Gasteiger partial charge in [0.1, 0.15) is 5.69 Å². The molecule has 152 valence electrons. The van der Waals surface area contributed by atoms with Crippen molar-refractivity contribution in [1.29, 1.82) is 0 Å². The van der Waals surface area contributed by atoms with Crippen LogP contribution in [0.3, 0.4) is 0 Å². The van der Waals surface area contributed by atoms with Crippen molar-refractivity contribution in [3.8, 4) is 11.3 Å². The van der Waals surface area contributed by atoms with Crippen LogP contribution in [-0.4, -0.2) is 46.7 Å². The van der Waals surface area contributed by atoms with Gasteiger partial charge < -0.3 is 14.6 Å². The first-order valence-electron chi connectivity index (χ1n) is 9.84. The third kappa shape index (κ3) is 4.75. The highest BCUT2D eigenvalue weighted by Crippen LogP contribution is 2.23. The number of hydrogen-bond donors (Lipinski definition) is 1. The number of benzene rings is 1. The third-order valence-corrected chi connectivity index (χ3v) is 5.98. The predicted molar refractivity (Wildman–Crippen MR) is 115 cm³/mol. The van der Waals surface area contributed by atoms with Crippen molar-refractivity contribution in [2.45, 2.75) is 20.0 Å². The van der Waals surface area contributed by atoms with Crippen molar-refractivity contribution in [2.24, 2.45) is 7.05 Å². The van der Waals surface area contributed by atoms with Gasteiger partial charge in [-0.2, -0.15) is 0 Å². The van der Waals surface area contributed by atoms with Gasteiger partial charge in [-0.25, -0.2) is 4.98 Å². The highest BCUT2D eigenvalue weighted by molar-refractivity contribution is 7.09. The molecule has 0 atom stereocenters. The van der Waals surface area contributed by atoms with Gasteiger partial charge in [0.25, 0.3) is 5.91 Å². The van der Waals surface area contributed by atoms with Crippen molar-refractivity contribution in [1.82, 2.24) is 19.8 Å². The summed E-state index contributed by atoms with van der Waals surface area (Å²) in [6.45, 7) is 6.84. The zero-order chi connectivity index (χ0) is 20.2. The number of morpholine rings is 1. The monoisotopic (exact) mass is 410 g/mol. The van der Waals surface area contributed by atoms with Crippen molar-refractivity contribution < 1.29 is 9.53 Å². The van der Waals surface area contributed by atoms with E-state index in [2.05, 4.69) is 33.4 Å². The number of ether oxygens (including phenoxy) is 1. The van der Waals surface area contributed by atoms with Crippen molar-refractivity contribution in [3.63, 3.8) is 0 Å². The molecule has 3 heterocycles. The molecule has 2 aromatic heterocycles. The minimum absolute atomic E-state index is 0.0770. The van der Waals surface area contributed by atoms with Gasteiger partial charge in [-0.15, -0.1) is 11.3 Å². The number of nitrogens with one attached hydrogen (secondary N) is 1. The highest BCUT2D eigenvalue weighted by Gasteiger charge is 2.16. The van der Waals surface area contributed by atoms with Gasteiger partial charge in [0, 0.05) is 50.4 Å². The molecule has 1 N–H and O–H groups in total. The van der Waals surface area contributed by atoms with Crippen molar-refractivity contribution >= 4 is 17.2 Å². The van der Waals surface area contributed by atoms with E-state index < -0.39 is 0 Å². The minimum atomic E-state index is -0.0770. The molecule has 3 aromatic rings.